The molecule has 0 saturated heterocycles. The summed E-state index contributed by atoms with van der Waals surface area (Å²) < 4.78 is 20.3. The van der Waals surface area contributed by atoms with Gasteiger partial charge in [0, 0.05) is 0 Å². The van der Waals surface area contributed by atoms with Crippen molar-refractivity contribution < 1.29 is 9.28 Å². The van der Waals surface area contributed by atoms with Crippen molar-refractivity contribution in [1.82, 2.24) is 0 Å². The van der Waals surface area contributed by atoms with Crippen LogP contribution in [0.1, 0.15) is 91.5 Å². The van der Waals surface area contributed by atoms with Gasteiger partial charge >= 0.3 is 226 Å². The van der Waals surface area contributed by atoms with E-state index in [1.165, 1.54) is 60.1 Å². The summed E-state index contributed by atoms with van der Waals surface area (Å²) in [6, 6.07) is 19.7. The van der Waals surface area contributed by atoms with E-state index in [0.717, 1.165) is 23.7 Å². The third-order valence-corrected chi connectivity index (χ3v) is 41.7. The molecule has 0 aromatic heterocycles. The first-order chi connectivity index (χ1) is 17.0. The van der Waals surface area contributed by atoms with Crippen LogP contribution in [0.25, 0.3) is 0 Å². The first kappa shape index (κ1) is 30.7. The number of hydrogen-bond donors (Lipinski definition) is 0. The predicted octanol–water partition coefficient (Wildman–Crippen LogP) is 7.51. The minimum absolute atomic E-state index is 0.175. The van der Waals surface area contributed by atoms with Gasteiger partial charge in [-0.05, 0) is 0 Å². The third-order valence-electron chi connectivity index (χ3n) is 6.92. The second kappa shape index (κ2) is 16.3. The molecule has 2 aromatic carbocycles. The van der Waals surface area contributed by atoms with Crippen LogP contribution in [0.15, 0.2) is 54.6 Å². The molecule has 194 valence electrons. The van der Waals surface area contributed by atoms with Crippen molar-refractivity contribution in [1.29, 1.82) is 0 Å². The summed E-state index contributed by atoms with van der Waals surface area (Å²) in [4.78, 5) is 12.6. The van der Waals surface area contributed by atoms with Crippen LogP contribution in [0.4, 0.5) is 0 Å². The molecule has 0 spiro atoms. The summed E-state index contributed by atoms with van der Waals surface area (Å²) in [7, 11) is 0. The van der Waals surface area contributed by atoms with Crippen molar-refractivity contribution in [2.75, 3.05) is 0 Å². The Morgan fingerprint density at radius 1 is 0.714 bits per heavy atom. The molecular formula is C30H48O3Sn2. The van der Waals surface area contributed by atoms with Crippen molar-refractivity contribution >= 4 is 51.1 Å². The first-order valence-electron chi connectivity index (χ1n) is 14.0. The number of aryl methyl sites for hydroxylation is 1. The molecule has 0 saturated carbocycles. The SMILES string of the molecule is CCCCc1cccc[c]1[Sn]([CH2]CCC)([CH2]CCC)[O][Sn]([CH2]CCC)([O]C(C)=O)[c]1ccccc1. The summed E-state index contributed by atoms with van der Waals surface area (Å²) in [5, 5.41) is 0. The zero-order valence-corrected chi connectivity index (χ0v) is 28.6. The Balaban J connectivity index is 2.75. The molecule has 1 atom stereocenters. The van der Waals surface area contributed by atoms with Gasteiger partial charge in [-0.2, -0.15) is 0 Å². The maximum atomic E-state index is 12.6. The second-order valence-electron chi connectivity index (χ2n) is 9.88. The van der Waals surface area contributed by atoms with Gasteiger partial charge in [-0.3, -0.25) is 0 Å². The van der Waals surface area contributed by atoms with E-state index in [1.807, 2.05) is 0 Å². The van der Waals surface area contributed by atoms with Crippen LogP contribution in [0.2, 0.25) is 13.3 Å². The molecule has 1 unspecified atom stereocenters. The van der Waals surface area contributed by atoms with Gasteiger partial charge < -0.3 is 0 Å². The molecule has 3 nitrogen and oxygen atoms in total. The Labute approximate surface area is 224 Å². The van der Waals surface area contributed by atoms with Crippen molar-refractivity contribution in [2.24, 2.45) is 0 Å². The molecule has 0 aliphatic heterocycles. The fourth-order valence-corrected chi connectivity index (χ4v) is 49.7. The van der Waals surface area contributed by atoms with E-state index >= 15 is 0 Å². The summed E-state index contributed by atoms with van der Waals surface area (Å²) in [6.07, 6.45) is 10.3. The first-order valence-corrected chi connectivity index (χ1v) is 26.4. The zero-order chi connectivity index (χ0) is 25.6. The van der Waals surface area contributed by atoms with Crippen molar-refractivity contribution in [2.45, 2.75) is 106 Å². The van der Waals surface area contributed by atoms with Crippen LogP contribution < -0.4 is 7.16 Å². The van der Waals surface area contributed by atoms with Crippen LogP contribution in [0.3, 0.4) is 0 Å². The summed E-state index contributed by atoms with van der Waals surface area (Å²) in [6.45, 7) is 10.6. The molecule has 2 aromatic rings. The number of carbonyl (C=O) groups is 1. The average Bonchev–Trinajstić information content (AvgIpc) is 2.88. The fraction of sp³-hybridized carbons (Fsp3) is 0.567. The van der Waals surface area contributed by atoms with Crippen LogP contribution in [-0.4, -0.2) is 44.0 Å². The number of hydrogen-bond acceptors (Lipinski definition) is 3. The zero-order valence-electron chi connectivity index (χ0n) is 22.9. The van der Waals surface area contributed by atoms with Crippen LogP contribution >= 0.6 is 0 Å². The van der Waals surface area contributed by atoms with Gasteiger partial charge in [0.15, 0.2) is 0 Å². The van der Waals surface area contributed by atoms with E-state index in [-0.39, 0.29) is 5.97 Å². The van der Waals surface area contributed by atoms with Crippen LogP contribution in [0.5, 0.6) is 0 Å². The summed E-state index contributed by atoms with van der Waals surface area (Å²) in [5.74, 6) is -0.175. The van der Waals surface area contributed by atoms with Gasteiger partial charge in [0.25, 0.3) is 0 Å². The quantitative estimate of drug-likeness (QED) is 0.161. The van der Waals surface area contributed by atoms with Gasteiger partial charge in [0.1, 0.15) is 0 Å². The van der Waals surface area contributed by atoms with Crippen molar-refractivity contribution in [3.05, 3.63) is 60.2 Å². The molecule has 0 radical (unpaired) electrons. The fourth-order valence-electron chi connectivity index (χ4n) is 5.06. The van der Waals surface area contributed by atoms with E-state index in [0.29, 0.717) is 0 Å². The van der Waals surface area contributed by atoms with Gasteiger partial charge in [0.2, 0.25) is 0 Å². The Morgan fingerprint density at radius 2 is 1.26 bits per heavy atom. The molecule has 2 rings (SSSR count). The Morgan fingerprint density at radius 3 is 1.83 bits per heavy atom. The number of unbranched alkanes of at least 4 members (excludes halogenated alkanes) is 4. The molecular weight excluding hydrogens is 646 g/mol. The summed E-state index contributed by atoms with van der Waals surface area (Å²) >= 11 is -7.44. The number of rotatable bonds is 17. The van der Waals surface area contributed by atoms with E-state index in [9.17, 15) is 4.79 Å². The maximum absolute atomic E-state index is 12.6. The van der Waals surface area contributed by atoms with Crippen molar-refractivity contribution in [3.8, 4) is 0 Å². The molecule has 5 heteroatoms. The Kier molecular flexibility index (Phi) is 14.3. The molecule has 0 bridgehead atoms. The molecule has 0 aliphatic carbocycles. The van der Waals surface area contributed by atoms with Gasteiger partial charge in [-0.1, -0.05) is 0 Å². The van der Waals surface area contributed by atoms with Crippen molar-refractivity contribution in [3.63, 3.8) is 0 Å². The topological polar surface area (TPSA) is 35.5 Å². The third kappa shape index (κ3) is 9.06. The second-order valence-corrected chi connectivity index (χ2v) is 32.4. The standard InChI is InChI=1S/C10H13.C6H5.3C4H9.C2H4O2.O.2Sn/c1-2-3-7-10-8-5-4-6-9-10;1-2-4-6-5-3-1;3*1-3-4-2;1-2(3)4;;;/h4-6,8H,2-3,7H2,1H3;1-5H;3*1,3-4H2,2H3;1H3,(H,3,4);;;/q;;;;;;;;+1/p-1. The van der Waals surface area contributed by atoms with E-state index in [2.05, 4.69) is 82.3 Å². The molecule has 0 N–H and O–H groups in total. The number of carbonyl (C=O) groups excluding carboxylic acids is 1. The van der Waals surface area contributed by atoms with E-state index in [1.54, 1.807) is 6.92 Å². The normalized spacial score (nSPS) is 13.4. The molecule has 0 amide bonds. The monoisotopic (exact) mass is 696 g/mol. The van der Waals surface area contributed by atoms with Crippen LogP contribution in [0, 0.1) is 0 Å². The minimum atomic E-state index is -3.99. The Hall–Kier alpha value is -0.533. The summed E-state index contributed by atoms with van der Waals surface area (Å²) in [5.41, 5.74) is 1.49. The molecule has 0 aliphatic rings. The van der Waals surface area contributed by atoms with E-state index in [4.69, 9.17) is 4.49 Å². The van der Waals surface area contributed by atoms with Gasteiger partial charge in [0.05, 0.1) is 0 Å². The molecule has 0 fully saturated rings. The average molecular weight is 694 g/mol. The molecule has 35 heavy (non-hydrogen) atoms. The van der Waals surface area contributed by atoms with Crippen LogP contribution in [-0.2, 0) is 15.7 Å². The van der Waals surface area contributed by atoms with Gasteiger partial charge in [-0.15, -0.1) is 0 Å². The van der Waals surface area contributed by atoms with E-state index < -0.39 is 38.0 Å². The number of benzene rings is 2. The predicted molar refractivity (Wildman–Crippen MR) is 154 cm³/mol. The van der Waals surface area contributed by atoms with Gasteiger partial charge in [-0.25, -0.2) is 0 Å². The Bertz CT molecular complexity index is 863. The molecule has 0 heterocycles.